The van der Waals surface area contributed by atoms with Crippen molar-refractivity contribution < 1.29 is 0 Å². The van der Waals surface area contributed by atoms with Crippen molar-refractivity contribution in [2.24, 2.45) is 5.92 Å². The van der Waals surface area contributed by atoms with Crippen LogP contribution in [0.2, 0.25) is 0 Å². The Morgan fingerprint density at radius 1 is 1.31 bits per heavy atom. The van der Waals surface area contributed by atoms with Crippen LogP contribution in [0.1, 0.15) is 27.7 Å². The molecule has 1 aliphatic heterocycles. The van der Waals surface area contributed by atoms with E-state index in [4.69, 9.17) is 0 Å². The summed E-state index contributed by atoms with van der Waals surface area (Å²) in [7, 11) is 0. The number of hydrogen-bond donors (Lipinski definition) is 0. The van der Waals surface area contributed by atoms with Gasteiger partial charge in [0.2, 0.25) is 0 Å². The number of hydrogen-bond acceptors (Lipinski definition) is 2. The summed E-state index contributed by atoms with van der Waals surface area (Å²) in [5.41, 5.74) is 0. The van der Waals surface area contributed by atoms with Gasteiger partial charge >= 0.3 is 0 Å². The first-order chi connectivity index (χ1) is 6.13. The average Bonchev–Trinajstić information content (AvgIpc) is 2.08. The van der Waals surface area contributed by atoms with Crippen LogP contribution >= 0.6 is 0 Å². The maximum atomic E-state index is 2.62. The Hall–Kier alpha value is -0.0800. The number of nitrogens with zero attached hydrogens (tertiary/aromatic N) is 2. The molecule has 1 fully saturated rings. The van der Waals surface area contributed by atoms with Crippen LogP contribution in [0.3, 0.4) is 0 Å². The van der Waals surface area contributed by atoms with Crippen LogP contribution in [0.15, 0.2) is 0 Å². The van der Waals surface area contributed by atoms with Gasteiger partial charge in [-0.05, 0) is 19.4 Å². The SMILES string of the molecule is CCN1CCN(CC(C)C)C(C)C1. The van der Waals surface area contributed by atoms with E-state index in [1.807, 2.05) is 0 Å². The van der Waals surface area contributed by atoms with Crippen LogP contribution in [-0.4, -0.2) is 48.6 Å². The van der Waals surface area contributed by atoms with Gasteiger partial charge < -0.3 is 4.90 Å². The van der Waals surface area contributed by atoms with Gasteiger partial charge in [0.1, 0.15) is 0 Å². The molecule has 1 unspecified atom stereocenters. The number of likely N-dealkylation sites (N-methyl/N-ethyl adjacent to an activating group) is 1. The van der Waals surface area contributed by atoms with Crippen molar-refractivity contribution in [3.63, 3.8) is 0 Å². The molecular weight excluding hydrogens is 160 g/mol. The summed E-state index contributed by atoms with van der Waals surface area (Å²) in [6.45, 7) is 15.5. The molecular formula is C11H24N2. The smallest absolute Gasteiger partial charge is 0.0195 e. The molecule has 1 saturated heterocycles. The third kappa shape index (κ3) is 3.28. The first-order valence-electron chi connectivity index (χ1n) is 5.59. The van der Waals surface area contributed by atoms with Crippen molar-refractivity contribution >= 4 is 0 Å². The summed E-state index contributed by atoms with van der Waals surface area (Å²) in [6.07, 6.45) is 0. The second kappa shape index (κ2) is 4.97. The standard InChI is InChI=1S/C11H24N2/c1-5-12-6-7-13(8-10(2)3)11(4)9-12/h10-11H,5-9H2,1-4H3. The molecule has 0 radical (unpaired) electrons. The molecule has 0 aromatic heterocycles. The number of rotatable bonds is 3. The van der Waals surface area contributed by atoms with Gasteiger partial charge in [0, 0.05) is 32.2 Å². The Labute approximate surface area is 82.9 Å². The first-order valence-corrected chi connectivity index (χ1v) is 5.59. The largest absolute Gasteiger partial charge is 0.301 e. The van der Waals surface area contributed by atoms with Crippen LogP contribution < -0.4 is 0 Å². The van der Waals surface area contributed by atoms with Crippen molar-refractivity contribution in [2.45, 2.75) is 33.7 Å². The lowest BCUT2D eigenvalue weighted by atomic mass is 10.1. The Balaban J connectivity index is 2.35. The second-order valence-electron chi connectivity index (χ2n) is 4.63. The van der Waals surface area contributed by atoms with Crippen molar-refractivity contribution in [2.75, 3.05) is 32.7 Å². The van der Waals surface area contributed by atoms with Crippen molar-refractivity contribution in [3.05, 3.63) is 0 Å². The van der Waals surface area contributed by atoms with E-state index in [1.54, 1.807) is 0 Å². The molecule has 2 heteroatoms. The zero-order valence-corrected chi connectivity index (χ0v) is 9.58. The molecule has 2 nitrogen and oxygen atoms in total. The number of piperazine rings is 1. The van der Waals surface area contributed by atoms with Gasteiger partial charge in [0.05, 0.1) is 0 Å². The molecule has 0 aliphatic carbocycles. The highest BCUT2D eigenvalue weighted by atomic mass is 15.3. The first kappa shape index (κ1) is 11.0. The van der Waals surface area contributed by atoms with Crippen LogP contribution in [0.5, 0.6) is 0 Å². The van der Waals surface area contributed by atoms with E-state index in [9.17, 15) is 0 Å². The molecule has 1 heterocycles. The Kier molecular flexibility index (Phi) is 4.20. The topological polar surface area (TPSA) is 6.48 Å². The van der Waals surface area contributed by atoms with Crippen LogP contribution in [0.4, 0.5) is 0 Å². The van der Waals surface area contributed by atoms with Crippen LogP contribution in [0, 0.1) is 5.92 Å². The maximum Gasteiger partial charge on any atom is 0.0195 e. The van der Waals surface area contributed by atoms with E-state index >= 15 is 0 Å². The van der Waals surface area contributed by atoms with Gasteiger partial charge in [0.15, 0.2) is 0 Å². The van der Waals surface area contributed by atoms with Gasteiger partial charge in [-0.15, -0.1) is 0 Å². The third-order valence-corrected chi connectivity index (χ3v) is 2.90. The molecule has 78 valence electrons. The third-order valence-electron chi connectivity index (χ3n) is 2.90. The normalized spacial score (nSPS) is 27.0. The monoisotopic (exact) mass is 184 g/mol. The van der Waals surface area contributed by atoms with Crippen LogP contribution in [0.25, 0.3) is 0 Å². The van der Waals surface area contributed by atoms with Crippen LogP contribution in [-0.2, 0) is 0 Å². The molecule has 0 N–H and O–H groups in total. The van der Waals surface area contributed by atoms with Gasteiger partial charge in [-0.3, -0.25) is 4.90 Å². The lowest BCUT2D eigenvalue weighted by molar-refractivity contribution is 0.0777. The van der Waals surface area contributed by atoms with E-state index < -0.39 is 0 Å². The molecule has 0 amide bonds. The quantitative estimate of drug-likeness (QED) is 0.658. The Bertz CT molecular complexity index is 145. The summed E-state index contributed by atoms with van der Waals surface area (Å²) in [6, 6.07) is 0.746. The maximum absolute atomic E-state index is 2.62. The van der Waals surface area contributed by atoms with E-state index in [-0.39, 0.29) is 0 Å². The van der Waals surface area contributed by atoms with Gasteiger partial charge in [0.25, 0.3) is 0 Å². The summed E-state index contributed by atoms with van der Waals surface area (Å²) in [5.74, 6) is 0.802. The highest BCUT2D eigenvalue weighted by Crippen LogP contribution is 2.11. The fourth-order valence-corrected chi connectivity index (χ4v) is 2.10. The molecule has 0 spiro atoms. The molecule has 1 rings (SSSR count). The predicted molar refractivity (Wildman–Crippen MR) is 58.0 cm³/mol. The summed E-state index contributed by atoms with van der Waals surface area (Å²) in [5, 5.41) is 0. The van der Waals surface area contributed by atoms with Gasteiger partial charge in [-0.25, -0.2) is 0 Å². The molecule has 1 atom stereocenters. The Morgan fingerprint density at radius 3 is 2.46 bits per heavy atom. The molecule has 0 aromatic carbocycles. The zero-order chi connectivity index (χ0) is 9.84. The molecule has 0 saturated carbocycles. The fourth-order valence-electron chi connectivity index (χ4n) is 2.10. The van der Waals surface area contributed by atoms with E-state index in [2.05, 4.69) is 37.5 Å². The highest BCUT2D eigenvalue weighted by molar-refractivity contribution is 4.78. The van der Waals surface area contributed by atoms with E-state index in [1.165, 1.54) is 32.7 Å². The van der Waals surface area contributed by atoms with E-state index in [0.29, 0.717) is 0 Å². The minimum Gasteiger partial charge on any atom is -0.301 e. The minimum absolute atomic E-state index is 0.746. The average molecular weight is 184 g/mol. The molecule has 0 aromatic rings. The molecule has 0 bridgehead atoms. The second-order valence-corrected chi connectivity index (χ2v) is 4.63. The molecule has 13 heavy (non-hydrogen) atoms. The minimum atomic E-state index is 0.746. The van der Waals surface area contributed by atoms with Gasteiger partial charge in [-0.2, -0.15) is 0 Å². The zero-order valence-electron chi connectivity index (χ0n) is 9.58. The fraction of sp³-hybridized carbons (Fsp3) is 1.00. The lowest BCUT2D eigenvalue weighted by Gasteiger charge is -2.40. The summed E-state index contributed by atoms with van der Waals surface area (Å²) >= 11 is 0. The Morgan fingerprint density at radius 2 is 2.00 bits per heavy atom. The summed E-state index contributed by atoms with van der Waals surface area (Å²) in [4.78, 5) is 5.16. The van der Waals surface area contributed by atoms with Gasteiger partial charge in [-0.1, -0.05) is 20.8 Å². The highest BCUT2D eigenvalue weighted by Gasteiger charge is 2.22. The van der Waals surface area contributed by atoms with Crippen molar-refractivity contribution in [1.82, 2.24) is 9.80 Å². The van der Waals surface area contributed by atoms with Crippen molar-refractivity contribution in [3.8, 4) is 0 Å². The summed E-state index contributed by atoms with van der Waals surface area (Å²) < 4.78 is 0. The molecule has 1 aliphatic rings. The van der Waals surface area contributed by atoms with Crippen molar-refractivity contribution in [1.29, 1.82) is 0 Å². The lowest BCUT2D eigenvalue weighted by Crippen LogP contribution is -2.52. The predicted octanol–water partition coefficient (Wildman–Crippen LogP) is 1.67. The van der Waals surface area contributed by atoms with E-state index in [0.717, 1.165) is 12.0 Å².